The van der Waals surface area contributed by atoms with Crippen molar-refractivity contribution in [1.29, 1.82) is 0 Å². The molecule has 0 heterocycles. The Bertz CT molecular complexity index is 360. The van der Waals surface area contributed by atoms with Crippen LogP contribution in [0.1, 0.15) is 32.8 Å². The molecule has 1 unspecified atom stereocenters. The van der Waals surface area contributed by atoms with Crippen LogP contribution in [0.5, 0.6) is 0 Å². The van der Waals surface area contributed by atoms with E-state index >= 15 is 0 Å². The summed E-state index contributed by atoms with van der Waals surface area (Å²) in [4.78, 5) is 11.5. The van der Waals surface area contributed by atoms with Crippen molar-refractivity contribution >= 4 is 5.91 Å². The molecule has 1 rings (SSSR count). The van der Waals surface area contributed by atoms with Gasteiger partial charge in [-0.05, 0) is 12.5 Å². The second kappa shape index (κ2) is 5.82. The Morgan fingerprint density at radius 3 is 2.47 bits per heavy atom. The van der Waals surface area contributed by atoms with E-state index in [1.165, 1.54) is 5.56 Å². The van der Waals surface area contributed by atoms with Gasteiger partial charge in [0, 0.05) is 24.4 Å². The first-order valence-corrected chi connectivity index (χ1v) is 6.03. The molecule has 0 spiro atoms. The van der Waals surface area contributed by atoms with Gasteiger partial charge in [-0.15, -0.1) is 0 Å². The van der Waals surface area contributed by atoms with Gasteiger partial charge >= 0.3 is 0 Å². The van der Waals surface area contributed by atoms with Crippen LogP contribution in [-0.2, 0) is 10.2 Å². The lowest BCUT2D eigenvalue weighted by molar-refractivity contribution is -0.121. The lowest BCUT2D eigenvalue weighted by atomic mass is 9.78. The van der Waals surface area contributed by atoms with Gasteiger partial charge in [-0.1, -0.05) is 44.2 Å². The predicted molar refractivity (Wildman–Crippen MR) is 70.7 cm³/mol. The fraction of sp³-hybridized carbons (Fsp3) is 0.500. The fourth-order valence-corrected chi connectivity index (χ4v) is 1.74. The van der Waals surface area contributed by atoms with Crippen LogP contribution < -0.4 is 11.1 Å². The Kier molecular flexibility index (Phi) is 4.70. The summed E-state index contributed by atoms with van der Waals surface area (Å²) in [6.07, 6.45) is 0.384. The van der Waals surface area contributed by atoms with Crippen molar-refractivity contribution in [3.63, 3.8) is 0 Å². The molecule has 1 atom stereocenters. The van der Waals surface area contributed by atoms with Gasteiger partial charge in [0.1, 0.15) is 0 Å². The van der Waals surface area contributed by atoms with E-state index in [2.05, 4.69) is 31.3 Å². The standard InChI is InChI=1S/C14H22N2O/c1-11(16-13(17)9-10-15)14(2,3)12-7-5-4-6-8-12/h4-8,11H,9-10,15H2,1-3H3,(H,16,17). The molecule has 0 radical (unpaired) electrons. The Morgan fingerprint density at radius 2 is 1.94 bits per heavy atom. The van der Waals surface area contributed by atoms with Crippen molar-refractivity contribution in [2.24, 2.45) is 5.73 Å². The number of rotatable bonds is 5. The molecule has 0 aliphatic heterocycles. The maximum absolute atomic E-state index is 11.5. The van der Waals surface area contributed by atoms with Gasteiger partial charge in [0.05, 0.1) is 0 Å². The summed E-state index contributed by atoms with van der Waals surface area (Å²) in [5.74, 6) is 0.0176. The zero-order valence-corrected chi connectivity index (χ0v) is 10.9. The molecule has 0 saturated carbocycles. The number of nitrogens with one attached hydrogen (secondary N) is 1. The van der Waals surface area contributed by atoms with Crippen molar-refractivity contribution in [3.8, 4) is 0 Å². The summed E-state index contributed by atoms with van der Waals surface area (Å²) in [5, 5.41) is 3.00. The number of carbonyl (C=O) groups is 1. The Hall–Kier alpha value is -1.35. The minimum absolute atomic E-state index is 0.0176. The van der Waals surface area contributed by atoms with Crippen molar-refractivity contribution in [2.75, 3.05) is 6.54 Å². The van der Waals surface area contributed by atoms with Crippen LogP contribution in [0, 0.1) is 0 Å². The van der Waals surface area contributed by atoms with Crippen molar-refractivity contribution < 1.29 is 4.79 Å². The maximum Gasteiger partial charge on any atom is 0.221 e. The molecule has 0 bridgehead atoms. The number of hydrogen-bond acceptors (Lipinski definition) is 2. The van der Waals surface area contributed by atoms with Crippen LogP contribution in [0.3, 0.4) is 0 Å². The summed E-state index contributed by atoms with van der Waals surface area (Å²) in [7, 11) is 0. The second-order valence-electron chi connectivity index (χ2n) is 4.92. The van der Waals surface area contributed by atoms with Crippen LogP contribution in [-0.4, -0.2) is 18.5 Å². The summed E-state index contributed by atoms with van der Waals surface area (Å²) in [6, 6.07) is 10.3. The number of hydrogen-bond donors (Lipinski definition) is 2. The van der Waals surface area contributed by atoms with Gasteiger partial charge < -0.3 is 11.1 Å². The van der Waals surface area contributed by atoms with E-state index in [1.807, 2.05) is 25.1 Å². The van der Waals surface area contributed by atoms with Crippen LogP contribution in [0.4, 0.5) is 0 Å². The predicted octanol–water partition coefficient (Wildman–Crippen LogP) is 1.82. The quantitative estimate of drug-likeness (QED) is 0.816. The van der Waals surface area contributed by atoms with Crippen molar-refractivity contribution in [3.05, 3.63) is 35.9 Å². The topological polar surface area (TPSA) is 55.1 Å². The van der Waals surface area contributed by atoms with E-state index < -0.39 is 0 Å². The number of benzene rings is 1. The van der Waals surface area contributed by atoms with Gasteiger partial charge in [0.15, 0.2) is 0 Å². The Labute approximate surface area is 103 Å². The van der Waals surface area contributed by atoms with E-state index in [0.29, 0.717) is 13.0 Å². The summed E-state index contributed by atoms with van der Waals surface area (Å²) < 4.78 is 0. The SMILES string of the molecule is CC(NC(=O)CCN)C(C)(C)c1ccccc1. The van der Waals surface area contributed by atoms with E-state index in [-0.39, 0.29) is 17.4 Å². The number of amides is 1. The fourth-order valence-electron chi connectivity index (χ4n) is 1.74. The average Bonchev–Trinajstić information content (AvgIpc) is 2.30. The molecule has 0 aliphatic carbocycles. The van der Waals surface area contributed by atoms with Gasteiger partial charge in [-0.3, -0.25) is 4.79 Å². The highest BCUT2D eigenvalue weighted by atomic mass is 16.1. The third-order valence-corrected chi connectivity index (χ3v) is 3.35. The third-order valence-electron chi connectivity index (χ3n) is 3.35. The maximum atomic E-state index is 11.5. The van der Waals surface area contributed by atoms with Gasteiger partial charge in [-0.25, -0.2) is 0 Å². The molecular formula is C14H22N2O. The first-order valence-electron chi connectivity index (χ1n) is 6.03. The summed E-state index contributed by atoms with van der Waals surface area (Å²) in [5.41, 5.74) is 6.50. The Morgan fingerprint density at radius 1 is 1.35 bits per heavy atom. The van der Waals surface area contributed by atoms with Crippen molar-refractivity contribution in [1.82, 2.24) is 5.32 Å². The highest BCUT2D eigenvalue weighted by molar-refractivity contribution is 5.76. The molecule has 94 valence electrons. The van der Waals surface area contributed by atoms with Crippen LogP contribution >= 0.6 is 0 Å². The second-order valence-corrected chi connectivity index (χ2v) is 4.92. The highest BCUT2D eigenvalue weighted by Gasteiger charge is 2.28. The molecule has 3 N–H and O–H groups in total. The zero-order chi connectivity index (χ0) is 12.9. The lowest BCUT2D eigenvalue weighted by Gasteiger charge is -2.33. The number of carbonyl (C=O) groups excluding carboxylic acids is 1. The zero-order valence-electron chi connectivity index (χ0n) is 10.9. The molecule has 3 nitrogen and oxygen atoms in total. The molecule has 1 amide bonds. The third kappa shape index (κ3) is 3.56. The van der Waals surface area contributed by atoms with E-state index in [4.69, 9.17) is 5.73 Å². The molecule has 0 fully saturated rings. The largest absolute Gasteiger partial charge is 0.353 e. The van der Waals surface area contributed by atoms with Gasteiger partial charge in [-0.2, -0.15) is 0 Å². The highest BCUT2D eigenvalue weighted by Crippen LogP contribution is 2.26. The molecule has 1 aromatic rings. The molecule has 3 heteroatoms. The average molecular weight is 234 g/mol. The molecule has 17 heavy (non-hydrogen) atoms. The normalized spacial score (nSPS) is 13.2. The van der Waals surface area contributed by atoms with Gasteiger partial charge in [0.25, 0.3) is 0 Å². The Balaban J connectivity index is 2.73. The lowest BCUT2D eigenvalue weighted by Crippen LogP contribution is -2.45. The van der Waals surface area contributed by atoms with Gasteiger partial charge in [0.2, 0.25) is 5.91 Å². The number of nitrogens with two attached hydrogens (primary N) is 1. The smallest absolute Gasteiger partial charge is 0.221 e. The molecular weight excluding hydrogens is 212 g/mol. The summed E-state index contributed by atoms with van der Waals surface area (Å²) in [6.45, 7) is 6.69. The van der Waals surface area contributed by atoms with Crippen molar-refractivity contribution in [2.45, 2.75) is 38.6 Å². The van der Waals surface area contributed by atoms with E-state index in [9.17, 15) is 4.79 Å². The first kappa shape index (κ1) is 13.7. The van der Waals surface area contributed by atoms with E-state index in [0.717, 1.165) is 0 Å². The first-order chi connectivity index (χ1) is 7.98. The molecule has 0 aromatic heterocycles. The molecule has 0 saturated heterocycles. The van der Waals surface area contributed by atoms with E-state index in [1.54, 1.807) is 0 Å². The monoisotopic (exact) mass is 234 g/mol. The minimum Gasteiger partial charge on any atom is -0.353 e. The molecule has 1 aromatic carbocycles. The van der Waals surface area contributed by atoms with Crippen LogP contribution in [0.2, 0.25) is 0 Å². The summed E-state index contributed by atoms with van der Waals surface area (Å²) >= 11 is 0. The minimum atomic E-state index is -0.0917. The van der Waals surface area contributed by atoms with Crippen LogP contribution in [0.25, 0.3) is 0 Å². The van der Waals surface area contributed by atoms with Crippen LogP contribution in [0.15, 0.2) is 30.3 Å². The molecule has 0 aliphatic rings.